The van der Waals surface area contributed by atoms with E-state index in [1.54, 1.807) is 13.8 Å². The molecule has 0 N–H and O–H groups in total. The van der Waals surface area contributed by atoms with Gasteiger partial charge in [0.25, 0.3) is 0 Å². The quantitative estimate of drug-likeness (QED) is 0.623. The van der Waals surface area contributed by atoms with Crippen molar-refractivity contribution in [1.82, 2.24) is 0 Å². The van der Waals surface area contributed by atoms with Crippen molar-refractivity contribution in [2.24, 2.45) is 0 Å². The second-order valence-corrected chi connectivity index (χ2v) is 4.43. The summed E-state index contributed by atoms with van der Waals surface area (Å²) in [5.74, 6) is -0.170. The van der Waals surface area contributed by atoms with Crippen LogP contribution >= 0.6 is 34.8 Å². The maximum Gasteiger partial charge on any atom is 0.347 e. The van der Waals surface area contributed by atoms with Crippen molar-refractivity contribution in [3.63, 3.8) is 0 Å². The highest BCUT2D eigenvalue weighted by molar-refractivity contribution is 6.43. The monoisotopic (exact) mass is 296 g/mol. The Morgan fingerprint density at radius 1 is 1.24 bits per heavy atom. The molecule has 0 fully saturated rings. The van der Waals surface area contributed by atoms with Crippen LogP contribution in [0.4, 0.5) is 0 Å². The van der Waals surface area contributed by atoms with Crippen molar-refractivity contribution in [3.8, 4) is 5.75 Å². The summed E-state index contributed by atoms with van der Waals surface area (Å²) in [4.78, 5) is 11.4. The number of esters is 1. The van der Waals surface area contributed by atoms with Crippen LogP contribution in [0.1, 0.15) is 13.8 Å². The molecule has 0 aliphatic carbocycles. The molecule has 0 bridgehead atoms. The van der Waals surface area contributed by atoms with Crippen LogP contribution in [0, 0.1) is 0 Å². The maximum absolute atomic E-state index is 11.4. The van der Waals surface area contributed by atoms with E-state index in [9.17, 15) is 4.79 Å². The van der Waals surface area contributed by atoms with Crippen molar-refractivity contribution >= 4 is 40.8 Å². The fraction of sp³-hybridized carbons (Fsp3) is 0.364. The van der Waals surface area contributed by atoms with Crippen LogP contribution in [-0.2, 0) is 9.53 Å². The molecule has 1 rings (SSSR count). The second kappa shape index (κ2) is 6.34. The van der Waals surface area contributed by atoms with Crippen LogP contribution in [0.2, 0.25) is 15.1 Å². The number of hydrogen-bond donors (Lipinski definition) is 0. The van der Waals surface area contributed by atoms with Gasteiger partial charge in [-0.1, -0.05) is 34.8 Å². The largest absolute Gasteiger partial charge is 0.477 e. The highest BCUT2D eigenvalue weighted by Gasteiger charge is 2.18. The fourth-order valence-corrected chi connectivity index (χ4v) is 1.67. The third-order valence-electron chi connectivity index (χ3n) is 1.90. The molecule has 0 saturated carbocycles. The Labute approximate surface area is 115 Å². The van der Waals surface area contributed by atoms with Gasteiger partial charge in [0.05, 0.1) is 21.7 Å². The number of rotatable bonds is 4. The first-order chi connectivity index (χ1) is 7.95. The van der Waals surface area contributed by atoms with Gasteiger partial charge in [-0.3, -0.25) is 0 Å². The van der Waals surface area contributed by atoms with Gasteiger partial charge in [-0.25, -0.2) is 4.79 Å². The van der Waals surface area contributed by atoms with Crippen molar-refractivity contribution < 1.29 is 14.3 Å². The summed E-state index contributed by atoms with van der Waals surface area (Å²) in [6.07, 6.45) is -0.760. The smallest absolute Gasteiger partial charge is 0.347 e. The first kappa shape index (κ1) is 14.4. The Morgan fingerprint density at radius 3 is 2.41 bits per heavy atom. The average molecular weight is 298 g/mol. The van der Waals surface area contributed by atoms with Gasteiger partial charge in [0.15, 0.2) is 6.10 Å². The molecular formula is C11H11Cl3O3. The SMILES string of the molecule is CCOC(=O)C(C)Oc1cc(Cl)c(Cl)cc1Cl. The van der Waals surface area contributed by atoms with E-state index in [0.29, 0.717) is 22.4 Å². The van der Waals surface area contributed by atoms with Gasteiger partial charge in [-0.05, 0) is 19.9 Å². The lowest BCUT2D eigenvalue weighted by molar-refractivity contribution is -0.150. The fourth-order valence-electron chi connectivity index (χ4n) is 1.09. The van der Waals surface area contributed by atoms with E-state index in [1.807, 2.05) is 0 Å². The van der Waals surface area contributed by atoms with Crippen LogP contribution in [0.15, 0.2) is 12.1 Å². The predicted molar refractivity (Wildman–Crippen MR) is 68.2 cm³/mol. The van der Waals surface area contributed by atoms with E-state index in [-0.39, 0.29) is 5.02 Å². The lowest BCUT2D eigenvalue weighted by atomic mass is 10.3. The summed E-state index contributed by atoms with van der Waals surface area (Å²) in [6.45, 7) is 3.58. The molecule has 0 amide bonds. The molecule has 1 aromatic rings. The highest BCUT2D eigenvalue weighted by atomic mass is 35.5. The summed E-state index contributed by atoms with van der Waals surface area (Å²) < 4.78 is 10.1. The number of benzene rings is 1. The minimum Gasteiger partial charge on any atom is -0.477 e. The Balaban J connectivity index is 2.81. The van der Waals surface area contributed by atoms with Crippen LogP contribution in [0.3, 0.4) is 0 Å². The maximum atomic E-state index is 11.4. The summed E-state index contributed by atoms with van der Waals surface area (Å²) in [5, 5.41) is 0.922. The molecule has 3 nitrogen and oxygen atoms in total. The highest BCUT2D eigenvalue weighted by Crippen LogP contribution is 2.34. The number of carbonyl (C=O) groups excluding carboxylic acids is 1. The molecule has 0 aromatic heterocycles. The summed E-state index contributed by atoms with van der Waals surface area (Å²) in [6, 6.07) is 2.92. The van der Waals surface area contributed by atoms with Crippen molar-refractivity contribution in [3.05, 3.63) is 27.2 Å². The lowest BCUT2D eigenvalue weighted by Gasteiger charge is -2.14. The minimum absolute atomic E-state index is 0.288. The van der Waals surface area contributed by atoms with E-state index in [1.165, 1.54) is 12.1 Å². The standard InChI is InChI=1S/C11H11Cl3O3/c1-3-16-11(15)6(2)17-10-5-8(13)7(12)4-9(10)14/h4-6H,3H2,1-2H3. The molecule has 0 radical (unpaired) electrons. The van der Waals surface area contributed by atoms with E-state index >= 15 is 0 Å². The lowest BCUT2D eigenvalue weighted by Crippen LogP contribution is -2.26. The van der Waals surface area contributed by atoms with Gasteiger partial charge in [0, 0.05) is 6.07 Å². The normalized spacial score (nSPS) is 12.1. The minimum atomic E-state index is -0.760. The molecule has 0 aliphatic heterocycles. The zero-order chi connectivity index (χ0) is 13.0. The Bertz CT molecular complexity index is 421. The van der Waals surface area contributed by atoms with Crippen molar-refractivity contribution in [1.29, 1.82) is 0 Å². The Hall–Kier alpha value is -0.640. The first-order valence-electron chi connectivity index (χ1n) is 4.93. The van der Waals surface area contributed by atoms with Crippen molar-refractivity contribution in [2.75, 3.05) is 6.61 Å². The number of hydrogen-bond acceptors (Lipinski definition) is 3. The number of carbonyl (C=O) groups is 1. The Morgan fingerprint density at radius 2 is 1.82 bits per heavy atom. The topological polar surface area (TPSA) is 35.5 Å². The third kappa shape index (κ3) is 3.95. The van der Waals surface area contributed by atoms with E-state index < -0.39 is 12.1 Å². The summed E-state index contributed by atoms with van der Waals surface area (Å²) in [5.41, 5.74) is 0. The van der Waals surface area contributed by atoms with E-state index in [2.05, 4.69) is 0 Å². The number of ether oxygens (including phenoxy) is 2. The molecule has 0 saturated heterocycles. The van der Waals surface area contributed by atoms with Gasteiger partial charge >= 0.3 is 5.97 Å². The summed E-state index contributed by atoms with van der Waals surface area (Å²) >= 11 is 17.5. The third-order valence-corrected chi connectivity index (χ3v) is 2.91. The van der Waals surface area contributed by atoms with Crippen LogP contribution in [0.25, 0.3) is 0 Å². The predicted octanol–water partition coefficient (Wildman–Crippen LogP) is 3.98. The zero-order valence-corrected chi connectivity index (χ0v) is 11.6. The van der Waals surface area contributed by atoms with E-state index in [4.69, 9.17) is 44.3 Å². The molecule has 1 atom stereocenters. The Kier molecular flexibility index (Phi) is 5.37. The van der Waals surface area contributed by atoms with Crippen LogP contribution in [0.5, 0.6) is 5.75 Å². The molecular weight excluding hydrogens is 286 g/mol. The molecule has 0 heterocycles. The molecule has 0 aliphatic rings. The van der Waals surface area contributed by atoms with E-state index in [0.717, 1.165) is 0 Å². The molecule has 0 spiro atoms. The van der Waals surface area contributed by atoms with Gasteiger partial charge < -0.3 is 9.47 Å². The van der Waals surface area contributed by atoms with Gasteiger partial charge in [-0.15, -0.1) is 0 Å². The first-order valence-corrected chi connectivity index (χ1v) is 6.07. The summed E-state index contributed by atoms with van der Waals surface area (Å²) in [7, 11) is 0. The van der Waals surface area contributed by atoms with Gasteiger partial charge in [0.2, 0.25) is 0 Å². The van der Waals surface area contributed by atoms with Crippen LogP contribution in [-0.4, -0.2) is 18.7 Å². The van der Waals surface area contributed by atoms with Crippen molar-refractivity contribution in [2.45, 2.75) is 20.0 Å². The molecule has 94 valence electrons. The molecule has 1 unspecified atom stereocenters. The molecule has 17 heavy (non-hydrogen) atoms. The zero-order valence-electron chi connectivity index (χ0n) is 9.30. The molecule has 1 aromatic carbocycles. The van der Waals surface area contributed by atoms with Gasteiger partial charge in [0.1, 0.15) is 5.75 Å². The van der Waals surface area contributed by atoms with Crippen LogP contribution < -0.4 is 4.74 Å². The average Bonchev–Trinajstić information content (AvgIpc) is 2.26. The molecule has 6 heteroatoms. The number of halogens is 3. The van der Waals surface area contributed by atoms with Gasteiger partial charge in [-0.2, -0.15) is 0 Å². The second-order valence-electron chi connectivity index (χ2n) is 3.21.